The molecule has 19 heavy (non-hydrogen) atoms. The lowest BCUT2D eigenvalue weighted by Crippen LogP contribution is -2.52. The van der Waals surface area contributed by atoms with Crippen LogP contribution in [0.1, 0.15) is 33.6 Å². The smallest absolute Gasteiger partial charge is 0.324 e. The number of ether oxygens (including phenoxy) is 1. The molecule has 2 atom stereocenters. The second kappa shape index (κ2) is 6.67. The number of esters is 1. The van der Waals surface area contributed by atoms with Gasteiger partial charge in [-0.3, -0.25) is 4.79 Å². The van der Waals surface area contributed by atoms with Gasteiger partial charge in [-0.15, -0.1) is 0 Å². The van der Waals surface area contributed by atoms with Crippen molar-refractivity contribution in [2.24, 2.45) is 11.8 Å². The van der Waals surface area contributed by atoms with Crippen molar-refractivity contribution < 1.29 is 17.9 Å². The van der Waals surface area contributed by atoms with Crippen LogP contribution in [0.25, 0.3) is 0 Å². The van der Waals surface area contributed by atoms with Gasteiger partial charge in [-0.25, -0.2) is 0 Å². The molecule has 0 radical (unpaired) electrons. The van der Waals surface area contributed by atoms with Crippen LogP contribution in [0.3, 0.4) is 0 Å². The van der Waals surface area contributed by atoms with E-state index in [2.05, 4.69) is 9.46 Å². The van der Waals surface area contributed by atoms with Gasteiger partial charge in [-0.2, -0.15) is 17.4 Å². The van der Waals surface area contributed by atoms with Gasteiger partial charge in [0.15, 0.2) is 0 Å². The third-order valence-corrected chi connectivity index (χ3v) is 4.92. The fourth-order valence-electron chi connectivity index (χ4n) is 2.18. The quantitative estimate of drug-likeness (QED) is 0.759. The molecule has 0 aromatic heterocycles. The second-order valence-corrected chi connectivity index (χ2v) is 7.18. The minimum Gasteiger partial charge on any atom is -0.468 e. The van der Waals surface area contributed by atoms with Crippen LogP contribution in [0.5, 0.6) is 0 Å². The van der Waals surface area contributed by atoms with Crippen molar-refractivity contribution >= 4 is 16.2 Å². The fraction of sp³-hybridized carbons (Fsp3) is 0.917. The van der Waals surface area contributed by atoms with Gasteiger partial charge in [-0.05, 0) is 24.7 Å². The lowest BCUT2D eigenvalue weighted by Gasteiger charge is -2.31. The number of nitrogens with zero attached hydrogens (tertiary/aromatic N) is 1. The summed E-state index contributed by atoms with van der Waals surface area (Å²) in [5, 5.41) is 0. The highest BCUT2D eigenvalue weighted by molar-refractivity contribution is 7.87. The first-order chi connectivity index (χ1) is 8.77. The van der Waals surface area contributed by atoms with Gasteiger partial charge >= 0.3 is 5.97 Å². The summed E-state index contributed by atoms with van der Waals surface area (Å²) in [7, 11) is -2.37. The van der Waals surface area contributed by atoms with E-state index in [1.165, 1.54) is 11.4 Å². The van der Waals surface area contributed by atoms with Crippen LogP contribution in [0.4, 0.5) is 0 Å². The molecule has 1 fully saturated rings. The van der Waals surface area contributed by atoms with E-state index < -0.39 is 22.2 Å². The zero-order valence-electron chi connectivity index (χ0n) is 12.0. The molecule has 2 unspecified atom stereocenters. The van der Waals surface area contributed by atoms with E-state index in [1.807, 2.05) is 6.92 Å². The van der Waals surface area contributed by atoms with Gasteiger partial charge in [0.1, 0.15) is 6.04 Å². The second-order valence-electron chi connectivity index (χ2n) is 5.47. The molecule has 0 aromatic carbocycles. The molecule has 6 nitrogen and oxygen atoms in total. The molecule has 1 heterocycles. The third-order valence-electron chi connectivity index (χ3n) is 3.36. The van der Waals surface area contributed by atoms with E-state index in [0.717, 1.165) is 12.8 Å². The molecule has 1 saturated heterocycles. The highest BCUT2D eigenvalue weighted by Gasteiger charge is 2.33. The molecule has 0 aliphatic carbocycles. The lowest BCUT2D eigenvalue weighted by molar-refractivity contribution is -0.143. The van der Waals surface area contributed by atoms with Crippen molar-refractivity contribution in [3.05, 3.63) is 0 Å². The van der Waals surface area contributed by atoms with Crippen molar-refractivity contribution in [1.82, 2.24) is 9.03 Å². The van der Waals surface area contributed by atoms with Crippen molar-refractivity contribution in [3.63, 3.8) is 0 Å². The number of methoxy groups -OCH3 is 1. The number of rotatable bonds is 5. The first kappa shape index (κ1) is 16.4. The minimum atomic E-state index is -3.63. The Kier molecular flexibility index (Phi) is 5.76. The topological polar surface area (TPSA) is 75.7 Å². The van der Waals surface area contributed by atoms with E-state index in [0.29, 0.717) is 19.0 Å². The molecule has 0 bridgehead atoms. The SMILES string of the molecule is COC(=O)C(NS(=O)(=O)N1CCCC(C)C1)C(C)C. The number of carbonyl (C=O) groups excluding carboxylic acids is 1. The van der Waals surface area contributed by atoms with Crippen molar-refractivity contribution in [2.45, 2.75) is 39.7 Å². The van der Waals surface area contributed by atoms with Crippen LogP contribution in [0.2, 0.25) is 0 Å². The van der Waals surface area contributed by atoms with E-state index in [-0.39, 0.29) is 5.92 Å². The average Bonchev–Trinajstić information content (AvgIpc) is 2.35. The van der Waals surface area contributed by atoms with Gasteiger partial charge < -0.3 is 4.74 Å². The Morgan fingerprint density at radius 3 is 2.53 bits per heavy atom. The Morgan fingerprint density at radius 2 is 2.05 bits per heavy atom. The summed E-state index contributed by atoms with van der Waals surface area (Å²) >= 11 is 0. The molecule has 0 aromatic rings. The van der Waals surface area contributed by atoms with Crippen LogP contribution in [0, 0.1) is 11.8 Å². The molecule has 1 aliphatic heterocycles. The average molecular weight is 292 g/mol. The van der Waals surface area contributed by atoms with E-state index in [4.69, 9.17) is 0 Å². The van der Waals surface area contributed by atoms with Crippen LogP contribution in [0.15, 0.2) is 0 Å². The molecule has 1 N–H and O–H groups in total. The van der Waals surface area contributed by atoms with E-state index in [9.17, 15) is 13.2 Å². The zero-order chi connectivity index (χ0) is 14.6. The van der Waals surface area contributed by atoms with Crippen molar-refractivity contribution in [1.29, 1.82) is 0 Å². The number of piperidine rings is 1. The Hall–Kier alpha value is -0.660. The molecule has 112 valence electrons. The van der Waals surface area contributed by atoms with Crippen LogP contribution in [-0.2, 0) is 19.7 Å². The summed E-state index contributed by atoms with van der Waals surface area (Å²) < 4.78 is 33.1. The molecule has 1 aliphatic rings. The van der Waals surface area contributed by atoms with Gasteiger partial charge in [-0.1, -0.05) is 20.8 Å². The summed E-state index contributed by atoms with van der Waals surface area (Å²) in [6, 6.07) is -0.841. The zero-order valence-corrected chi connectivity index (χ0v) is 12.9. The van der Waals surface area contributed by atoms with Crippen LogP contribution in [-0.4, -0.2) is 44.9 Å². The maximum absolute atomic E-state index is 12.3. The minimum absolute atomic E-state index is 0.163. The summed E-state index contributed by atoms with van der Waals surface area (Å²) in [4.78, 5) is 11.6. The Morgan fingerprint density at radius 1 is 1.42 bits per heavy atom. The fourth-order valence-corrected chi connectivity index (χ4v) is 3.84. The summed E-state index contributed by atoms with van der Waals surface area (Å²) in [5.41, 5.74) is 0. The Bertz CT molecular complexity index is 408. The molecule has 0 amide bonds. The first-order valence-corrected chi connectivity index (χ1v) is 8.07. The number of carbonyl (C=O) groups is 1. The maximum Gasteiger partial charge on any atom is 0.324 e. The normalized spacial score (nSPS) is 23.3. The monoisotopic (exact) mass is 292 g/mol. The number of nitrogens with one attached hydrogen (secondary N) is 1. The molecule has 7 heteroatoms. The van der Waals surface area contributed by atoms with Crippen LogP contribution < -0.4 is 4.72 Å². The lowest BCUT2D eigenvalue weighted by atomic mass is 10.0. The predicted molar refractivity (Wildman–Crippen MR) is 72.7 cm³/mol. The van der Waals surface area contributed by atoms with E-state index in [1.54, 1.807) is 13.8 Å². The molecular weight excluding hydrogens is 268 g/mol. The first-order valence-electron chi connectivity index (χ1n) is 6.63. The molecule has 0 saturated carbocycles. The van der Waals surface area contributed by atoms with Gasteiger partial charge in [0.2, 0.25) is 0 Å². The summed E-state index contributed by atoms with van der Waals surface area (Å²) in [5.74, 6) is -0.367. The van der Waals surface area contributed by atoms with Crippen molar-refractivity contribution in [2.75, 3.05) is 20.2 Å². The largest absolute Gasteiger partial charge is 0.468 e. The van der Waals surface area contributed by atoms with E-state index >= 15 is 0 Å². The Labute approximate surface area is 115 Å². The van der Waals surface area contributed by atoms with Crippen LogP contribution >= 0.6 is 0 Å². The van der Waals surface area contributed by atoms with Crippen molar-refractivity contribution in [3.8, 4) is 0 Å². The van der Waals surface area contributed by atoms with Gasteiger partial charge in [0.05, 0.1) is 7.11 Å². The molecule has 0 spiro atoms. The highest BCUT2D eigenvalue weighted by atomic mass is 32.2. The molecule has 1 rings (SSSR count). The summed E-state index contributed by atoms with van der Waals surface area (Å²) in [6.45, 7) is 6.60. The predicted octanol–water partition coefficient (Wildman–Crippen LogP) is 0.750. The number of hydrogen-bond donors (Lipinski definition) is 1. The summed E-state index contributed by atoms with van der Waals surface area (Å²) in [6.07, 6.45) is 1.89. The van der Waals surface area contributed by atoms with Gasteiger partial charge in [0.25, 0.3) is 10.2 Å². The van der Waals surface area contributed by atoms with Gasteiger partial charge in [0, 0.05) is 13.1 Å². The Balaban J connectivity index is 2.79. The standard InChI is InChI=1S/C12H24N2O4S/c1-9(2)11(12(15)18-4)13-19(16,17)14-7-5-6-10(3)8-14/h9-11,13H,5-8H2,1-4H3. The maximum atomic E-state index is 12.3. The third kappa shape index (κ3) is 4.43. The molecular formula is C12H24N2O4S. The highest BCUT2D eigenvalue weighted by Crippen LogP contribution is 2.18. The number of hydrogen-bond acceptors (Lipinski definition) is 4.